The van der Waals surface area contributed by atoms with Gasteiger partial charge in [-0.3, -0.25) is 25.0 Å². The second-order valence-electron chi connectivity index (χ2n) is 4.52. The lowest BCUT2D eigenvalue weighted by atomic mass is 10.0. The fourth-order valence-electron chi connectivity index (χ4n) is 1.96. The van der Waals surface area contributed by atoms with Crippen LogP contribution in [0.3, 0.4) is 0 Å². The molecule has 1 aliphatic rings. The van der Waals surface area contributed by atoms with Gasteiger partial charge in [-0.15, -0.1) is 0 Å². The van der Waals surface area contributed by atoms with Crippen LogP contribution in [-0.2, 0) is 9.59 Å². The molecule has 1 aromatic carbocycles. The number of amides is 2. The number of aryl methyl sites for hydroxylation is 1. The van der Waals surface area contributed by atoms with Crippen LogP contribution in [0, 0.1) is 22.9 Å². The van der Waals surface area contributed by atoms with E-state index in [1.165, 1.54) is 13.0 Å². The normalized spacial score (nSPS) is 18.6. The SMILES string of the molecule is Cc1cc(NC2CCC(=O)NC2=O)c([N+](=O)[O-])cc1F. The summed E-state index contributed by atoms with van der Waals surface area (Å²) in [4.78, 5) is 32.8. The van der Waals surface area contributed by atoms with E-state index >= 15 is 0 Å². The minimum Gasteiger partial charge on any atom is -0.368 e. The number of anilines is 1. The highest BCUT2D eigenvalue weighted by Crippen LogP contribution is 2.28. The second-order valence-corrected chi connectivity index (χ2v) is 4.52. The minimum atomic E-state index is -0.753. The number of halogens is 1. The highest BCUT2D eigenvalue weighted by molar-refractivity contribution is 6.01. The van der Waals surface area contributed by atoms with E-state index in [9.17, 15) is 24.1 Å². The van der Waals surface area contributed by atoms with E-state index in [1.807, 2.05) is 0 Å². The zero-order valence-corrected chi connectivity index (χ0v) is 10.6. The van der Waals surface area contributed by atoms with Crippen molar-refractivity contribution in [1.29, 1.82) is 0 Å². The van der Waals surface area contributed by atoms with Gasteiger partial charge in [-0.2, -0.15) is 0 Å². The smallest absolute Gasteiger partial charge is 0.295 e. The number of rotatable bonds is 3. The maximum Gasteiger partial charge on any atom is 0.295 e. The van der Waals surface area contributed by atoms with Gasteiger partial charge in [0.15, 0.2) is 0 Å². The van der Waals surface area contributed by atoms with Crippen molar-refractivity contribution in [2.24, 2.45) is 0 Å². The summed E-state index contributed by atoms with van der Waals surface area (Å²) in [6, 6.07) is 1.33. The summed E-state index contributed by atoms with van der Waals surface area (Å²) < 4.78 is 13.4. The summed E-state index contributed by atoms with van der Waals surface area (Å²) in [7, 11) is 0. The predicted molar refractivity (Wildman–Crippen MR) is 67.6 cm³/mol. The molecule has 1 unspecified atom stereocenters. The fourth-order valence-corrected chi connectivity index (χ4v) is 1.96. The number of hydrogen-bond acceptors (Lipinski definition) is 5. The molecule has 2 N–H and O–H groups in total. The van der Waals surface area contributed by atoms with Crippen LogP contribution in [0.5, 0.6) is 0 Å². The molecule has 0 aliphatic carbocycles. The van der Waals surface area contributed by atoms with Crippen molar-refractivity contribution in [3.63, 3.8) is 0 Å². The van der Waals surface area contributed by atoms with Crippen molar-refractivity contribution in [1.82, 2.24) is 5.32 Å². The number of carbonyl (C=O) groups is 2. The van der Waals surface area contributed by atoms with Crippen molar-refractivity contribution in [3.05, 3.63) is 33.6 Å². The molecule has 1 aromatic rings. The maximum atomic E-state index is 13.4. The van der Waals surface area contributed by atoms with Crippen molar-refractivity contribution in [2.75, 3.05) is 5.32 Å². The number of nitro benzene ring substituents is 1. The molecule has 1 heterocycles. The van der Waals surface area contributed by atoms with Gasteiger partial charge in [-0.25, -0.2) is 4.39 Å². The Hall–Kier alpha value is -2.51. The Balaban J connectivity index is 2.29. The van der Waals surface area contributed by atoms with Crippen LogP contribution >= 0.6 is 0 Å². The van der Waals surface area contributed by atoms with Crippen LogP contribution in [-0.4, -0.2) is 22.8 Å². The molecule has 0 spiro atoms. The second kappa shape index (κ2) is 5.24. The standard InChI is InChI=1S/C12H12FN3O4/c1-6-4-9(10(16(19)20)5-7(6)13)14-8-2-3-11(17)15-12(8)18/h4-5,8,14H,2-3H2,1H3,(H,15,17,18). The summed E-state index contributed by atoms with van der Waals surface area (Å²) in [5, 5.41) is 15.7. The molecular weight excluding hydrogens is 269 g/mol. The van der Waals surface area contributed by atoms with Gasteiger partial charge in [0.1, 0.15) is 17.5 Å². The van der Waals surface area contributed by atoms with Crippen LogP contribution in [0.15, 0.2) is 12.1 Å². The Morgan fingerprint density at radius 2 is 2.15 bits per heavy atom. The van der Waals surface area contributed by atoms with E-state index in [4.69, 9.17) is 0 Å². The first-order valence-corrected chi connectivity index (χ1v) is 5.93. The Morgan fingerprint density at radius 3 is 2.75 bits per heavy atom. The highest BCUT2D eigenvalue weighted by atomic mass is 19.1. The summed E-state index contributed by atoms with van der Waals surface area (Å²) >= 11 is 0. The first kappa shape index (κ1) is 13.9. The molecule has 1 fully saturated rings. The topological polar surface area (TPSA) is 101 Å². The largest absolute Gasteiger partial charge is 0.368 e. The third-order valence-electron chi connectivity index (χ3n) is 3.04. The summed E-state index contributed by atoms with van der Waals surface area (Å²) in [5.41, 5.74) is -0.161. The van der Waals surface area contributed by atoms with E-state index in [0.717, 1.165) is 6.07 Å². The molecule has 0 aromatic heterocycles. The quantitative estimate of drug-likeness (QED) is 0.493. The molecule has 7 nitrogen and oxygen atoms in total. The van der Waals surface area contributed by atoms with Crippen molar-refractivity contribution in [2.45, 2.75) is 25.8 Å². The number of nitrogens with one attached hydrogen (secondary N) is 2. The lowest BCUT2D eigenvalue weighted by Gasteiger charge is -2.22. The summed E-state index contributed by atoms with van der Waals surface area (Å²) in [5.74, 6) is -1.61. The van der Waals surface area contributed by atoms with Gasteiger partial charge < -0.3 is 5.32 Å². The number of imide groups is 1. The van der Waals surface area contributed by atoms with Crippen LogP contribution in [0.25, 0.3) is 0 Å². The van der Waals surface area contributed by atoms with Gasteiger partial charge in [0, 0.05) is 6.42 Å². The molecule has 1 saturated heterocycles. The molecule has 0 radical (unpaired) electrons. The Kier molecular flexibility index (Phi) is 3.64. The molecule has 8 heteroatoms. The van der Waals surface area contributed by atoms with E-state index in [0.29, 0.717) is 0 Å². The van der Waals surface area contributed by atoms with Gasteiger partial charge in [-0.1, -0.05) is 0 Å². The third-order valence-corrected chi connectivity index (χ3v) is 3.04. The predicted octanol–water partition coefficient (Wildman–Crippen LogP) is 1.26. The first-order chi connectivity index (χ1) is 9.38. The number of nitrogens with zero attached hydrogens (tertiary/aromatic N) is 1. The van der Waals surface area contributed by atoms with Crippen molar-refractivity contribution >= 4 is 23.2 Å². The zero-order chi connectivity index (χ0) is 14.9. The van der Waals surface area contributed by atoms with Crippen LogP contribution < -0.4 is 10.6 Å². The molecule has 0 bridgehead atoms. The van der Waals surface area contributed by atoms with Crippen molar-refractivity contribution < 1.29 is 18.9 Å². The molecular formula is C12H12FN3O4. The number of nitro groups is 1. The van der Waals surface area contributed by atoms with E-state index in [-0.39, 0.29) is 30.0 Å². The van der Waals surface area contributed by atoms with Crippen LogP contribution in [0.1, 0.15) is 18.4 Å². The number of benzene rings is 1. The van der Waals surface area contributed by atoms with E-state index in [2.05, 4.69) is 10.6 Å². The van der Waals surface area contributed by atoms with Gasteiger partial charge >= 0.3 is 0 Å². The molecule has 20 heavy (non-hydrogen) atoms. The zero-order valence-electron chi connectivity index (χ0n) is 10.6. The third kappa shape index (κ3) is 2.73. The Morgan fingerprint density at radius 1 is 1.45 bits per heavy atom. The first-order valence-electron chi connectivity index (χ1n) is 5.93. The van der Waals surface area contributed by atoms with Gasteiger partial charge in [-0.05, 0) is 25.0 Å². The number of piperidine rings is 1. The molecule has 0 saturated carbocycles. The average molecular weight is 281 g/mol. The van der Waals surface area contributed by atoms with Gasteiger partial charge in [0.25, 0.3) is 5.69 Å². The Labute approximate surface area is 113 Å². The maximum absolute atomic E-state index is 13.4. The average Bonchev–Trinajstić information content (AvgIpc) is 2.36. The monoisotopic (exact) mass is 281 g/mol. The van der Waals surface area contributed by atoms with Gasteiger partial charge in [0.2, 0.25) is 11.8 Å². The van der Waals surface area contributed by atoms with Gasteiger partial charge in [0.05, 0.1) is 11.0 Å². The van der Waals surface area contributed by atoms with Crippen LogP contribution in [0.2, 0.25) is 0 Å². The fraction of sp³-hybridized carbons (Fsp3) is 0.333. The van der Waals surface area contributed by atoms with Crippen LogP contribution in [0.4, 0.5) is 15.8 Å². The van der Waals surface area contributed by atoms with E-state index in [1.54, 1.807) is 0 Å². The molecule has 1 aliphatic heterocycles. The minimum absolute atomic E-state index is 0.0587. The van der Waals surface area contributed by atoms with Crippen molar-refractivity contribution in [3.8, 4) is 0 Å². The van der Waals surface area contributed by atoms with E-state index < -0.39 is 28.4 Å². The Bertz CT molecular complexity index is 603. The molecule has 2 amide bonds. The molecule has 106 valence electrons. The highest BCUT2D eigenvalue weighted by Gasteiger charge is 2.28. The lowest BCUT2D eigenvalue weighted by molar-refractivity contribution is -0.384. The summed E-state index contributed by atoms with van der Waals surface area (Å²) in [6.07, 6.45) is 0.385. The molecule has 1 atom stereocenters. The molecule has 2 rings (SSSR count). The lowest BCUT2D eigenvalue weighted by Crippen LogP contribution is -2.47. The number of hydrogen-bond donors (Lipinski definition) is 2. The number of carbonyl (C=O) groups excluding carboxylic acids is 2. The summed E-state index contributed by atoms with van der Waals surface area (Å²) in [6.45, 7) is 1.47.